The highest BCUT2D eigenvalue weighted by molar-refractivity contribution is 6.05. The number of nitrogens with zero attached hydrogens (tertiary/aromatic N) is 1. The Kier molecular flexibility index (Phi) is 6.87. The van der Waals surface area contributed by atoms with Crippen molar-refractivity contribution in [2.45, 2.75) is 6.18 Å². The molecule has 0 atom stereocenters. The number of carboxylic acids is 1. The lowest BCUT2D eigenvalue weighted by Crippen LogP contribution is -2.14. The van der Waals surface area contributed by atoms with Crippen LogP contribution in [0.2, 0.25) is 0 Å². The third-order valence-electron chi connectivity index (χ3n) is 4.28. The number of hydrogen-bond acceptors (Lipinski definition) is 4. The Hall–Kier alpha value is -4.47. The van der Waals surface area contributed by atoms with Crippen LogP contribution in [0.1, 0.15) is 31.8 Å². The molecule has 3 aromatic rings. The zero-order valence-electron chi connectivity index (χ0n) is 16.8. The molecule has 0 radical (unpaired) electrons. The normalized spacial score (nSPS) is 11.2. The predicted molar refractivity (Wildman–Crippen MR) is 115 cm³/mol. The summed E-state index contributed by atoms with van der Waals surface area (Å²) in [6, 6.07) is 11.6. The first-order chi connectivity index (χ1) is 15.6. The van der Waals surface area contributed by atoms with E-state index in [1.54, 1.807) is 18.2 Å². The Morgan fingerprint density at radius 2 is 1.64 bits per heavy atom. The minimum atomic E-state index is -4.56. The monoisotopic (exact) mass is 455 g/mol. The van der Waals surface area contributed by atoms with E-state index in [1.165, 1.54) is 36.5 Å². The van der Waals surface area contributed by atoms with Crippen LogP contribution in [0.25, 0.3) is 6.08 Å². The highest BCUT2D eigenvalue weighted by Gasteiger charge is 2.30. The number of amides is 2. The summed E-state index contributed by atoms with van der Waals surface area (Å²) in [5.41, 5.74) is -0.111. The van der Waals surface area contributed by atoms with Crippen molar-refractivity contribution in [1.82, 2.24) is 4.98 Å². The molecule has 0 unspecified atom stereocenters. The maximum atomic E-state index is 12.9. The molecule has 0 saturated heterocycles. The number of aromatic nitrogens is 1. The lowest BCUT2D eigenvalue weighted by atomic mass is 10.1. The molecule has 0 bridgehead atoms. The molecule has 168 valence electrons. The number of benzene rings is 2. The predicted octanol–water partition coefficient (Wildman–Crippen LogP) is 4.70. The maximum Gasteiger partial charge on any atom is 0.416 e. The molecule has 10 heteroatoms. The molecule has 1 aromatic heterocycles. The molecule has 0 aliphatic rings. The summed E-state index contributed by atoms with van der Waals surface area (Å²) in [5.74, 6) is -2.44. The van der Waals surface area contributed by atoms with Crippen LogP contribution in [0.15, 0.2) is 73.1 Å². The SMILES string of the molecule is O=C(C=Cc1cccc(NC(=O)c2cccc(C(F)(F)F)c2)c1)Nc1cncc(C(=O)O)c1. The third kappa shape index (κ3) is 6.50. The molecule has 7 nitrogen and oxygen atoms in total. The third-order valence-corrected chi connectivity index (χ3v) is 4.28. The van der Waals surface area contributed by atoms with Gasteiger partial charge in [-0.05, 0) is 48.0 Å². The zero-order chi connectivity index (χ0) is 24.0. The smallest absolute Gasteiger partial charge is 0.416 e. The summed E-state index contributed by atoms with van der Waals surface area (Å²) in [6.45, 7) is 0. The van der Waals surface area contributed by atoms with Crippen LogP contribution in [-0.2, 0) is 11.0 Å². The summed E-state index contributed by atoms with van der Waals surface area (Å²) in [7, 11) is 0. The fourth-order valence-corrected chi connectivity index (χ4v) is 2.74. The largest absolute Gasteiger partial charge is 0.478 e. The zero-order valence-corrected chi connectivity index (χ0v) is 16.8. The van der Waals surface area contributed by atoms with Crippen molar-refractivity contribution in [3.05, 3.63) is 95.3 Å². The van der Waals surface area contributed by atoms with Crippen LogP contribution in [0.5, 0.6) is 0 Å². The molecule has 0 saturated carbocycles. The molecule has 0 fully saturated rings. The number of carboxylic acid groups (broad SMARTS) is 1. The van der Waals surface area contributed by atoms with E-state index < -0.39 is 29.5 Å². The molecule has 0 aliphatic carbocycles. The topological polar surface area (TPSA) is 108 Å². The van der Waals surface area contributed by atoms with Crippen molar-refractivity contribution < 1.29 is 32.7 Å². The van der Waals surface area contributed by atoms with Gasteiger partial charge in [0.1, 0.15) is 0 Å². The van der Waals surface area contributed by atoms with Crippen molar-refractivity contribution >= 4 is 35.2 Å². The maximum absolute atomic E-state index is 12.9. The van der Waals surface area contributed by atoms with E-state index in [2.05, 4.69) is 15.6 Å². The molecule has 2 amide bonds. The Balaban J connectivity index is 1.66. The number of nitrogens with one attached hydrogen (secondary N) is 2. The van der Waals surface area contributed by atoms with Gasteiger partial charge in [0, 0.05) is 23.5 Å². The van der Waals surface area contributed by atoms with E-state index >= 15 is 0 Å². The van der Waals surface area contributed by atoms with Crippen molar-refractivity contribution in [2.75, 3.05) is 10.6 Å². The average molecular weight is 455 g/mol. The number of hydrogen-bond donors (Lipinski definition) is 3. The van der Waals surface area contributed by atoms with Gasteiger partial charge in [-0.2, -0.15) is 13.2 Å². The molecular weight excluding hydrogens is 439 g/mol. The number of pyridine rings is 1. The van der Waals surface area contributed by atoms with Gasteiger partial charge in [0.15, 0.2) is 0 Å². The summed E-state index contributed by atoms with van der Waals surface area (Å²) in [6.07, 6.45) is 0.520. The molecule has 33 heavy (non-hydrogen) atoms. The molecule has 0 spiro atoms. The second-order valence-corrected chi connectivity index (χ2v) is 6.75. The summed E-state index contributed by atoms with van der Waals surface area (Å²) in [4.78, 5) is 39.1. The van der Waals surface area contributed by atoms with Gasteiger partial charge in [0.05, 0.1) is 23.0 Å². The van der Waals surface area contributed by atoms with E-state index in [4.69, 9.17) is 5.11 Å². The molecular formula is C23H16F3N3O4. The second kappa shape index (κ2) is 9.77. The highest BCUT2D eigenvalue weighted by atomic mass is 19.4. The number of carbonyl (C=O) groups is 3. The highest BCUT2D eigenvalue weighted by Crippen LogP contribution is 2.29. The van der Waals surface area contributed by atoms with Gasteiger partial charge in [0.2, 0.25) is 5.91 Å². The standard InChI is InChI=1S/C23H16F3N3O4/c24-23(25,26)17-5-2-4-15(10-17)21(31)29-18-6-1-3-14(9-18)7-8-20(30)28-19-11-16(22(32)33)12-27-13-19/h1-13H,(H,28,30)(H,29,31)(H,32,33). The number of aromatic carboxylic acids is 1. The molecule has 2 aromatic carbocycles. The van der Waals surface area contributed by atoms with Crippen molar-refractivity contribution in [3.63, 3.8) is 0 Å². The number of alkyl halides is 3. The number of anilines is 2. The van der Waals surface area contributed by atoms with Crippen LogP contribution >= 0.6 is 0 Å². The minimum Gasteiger partial charge on any atom is -0.478 e. The summed E-state index contributed by atoms with van der Waals surface area (Å²) >= 11 is 0. The van der Waals surface area contributed by atoms with Gasteiger partial charge in [-0.15, -0.1) is 0 Å². The number of carbonyl (C=O) groups excluding carboxylic acids is 2. The van der Waals surface area contributed by atoms with Crippen molar-refractivity contribution in [3.8, 4) is 0 Å². The number of halogens is 3. The average Bonchev–Trinajstić information content (AvgIpc) is 2.77. The van der Waals surface area contributed by atoms with Gasteiger partial charge in [0.25, 0.3) is 5.91 Å². The minimum absolute atomic E-state index is 0.0824. The lowest BCUT2D eigenvalue weighted by Gasteiger charge is -2.09. The Labute approximate surface area is 185 Å². The quantitative estimate of drug-likeness (QED) is 0.467. The van der Waals surface area contributed by atoms with E-state index in [0.29, 0.717) is 11.3 Å². The molecule has 3 rings (SSSR count). The van der Waals surface area contributed by atoms with Gasteiger partial charge >= 0.3 is 12.1 Å². The van der Waals surface area contributed by atoms with Crippen LogP contribution in [-0.4, -0.2) is 27.9 Å². The first-order valence-corrected chi connectivity index (χ1v) is 9.38. The molecule has 1 heterocycles. The number of rotatable bonds is 6. The molecule has 3 N–H and O–H groups in total. The molecule has 0 aliphatic heterocycles. The fourth-order valence-electron chi connectivity index (χ4n) is 2.74. The summed E-state index contributed by atoms with van der Waals surface area (Å²) < 4.78 is 38.6. The second-order valence-electron chi connectivity index (χ2n) is 6.75. The van der Waals surface area contributed by atoms with Crippen LogP contribution in [0.4, 0.5) is 24.5 Å². The Morgan fingerprint density at radius 1 is 0.879 bits per heavy atom. The van der Waals surface area contributed by atoms with Gasteiger partial charge in [-0.1, -0.05) is 18.2 Å². The van der Waals surface area contributed by atoms with Crippen LogP contribution < -0.4 is 10.6 Å². The lowest BCUT2D eigenvalue weighted by molar-refractivity contribution is -0.137. The van der Waals surface area contributed by atoms with Gasteiger partial charge in [-0.25, -0.2) is 4.79 Å². The van der Waals surface area contributed by atoms with E-state index in [1.807, 2.05) is 0 Å². The first-order valence-electron chi connectivity index (χ1n) is 9.38. The fraction of sp³-hybridized carbons (Fsp3) is 0.0435. The Morgan fingerprint density at radius 3 is 2.36 bits per heavy atom. The van der Waals surface area contributed by atoms with Crippen LogP contribution in [0, 0.1) is 0 Å². The van der Waals surface area contributed by atoms with Gasteiger partial charge < -0.3 is 15.7 Å². The first kappa shape index (κ1) is 23.2. The van der Waals surface area contributed by atoms with E-state index in [0.717, 1.165) is 24.4 Å². The summed E-state index contributed by atoms with van der Waals surface area (Å²) in [5, 5.41) is 14.0. The van der Waals surface area contributed by atoms with Crippen molar-refractivity contribution in [2.24, 2.45) is 0 Å². The van der Waals surface area contributed by atoms with Crippen molar-refractivity contribution in [1.29, 1.82) is 0 Å². The van der Waals surface area contributed by atoms with E-state index in [-0.39, 0.29) is 16.8 Å². The van der Waals surface area contributed by atoms with Crippen LogP contribution in [0.3, 0.4) is 0 Å². The van der Waals surface area contributed by atoms with E-state index in [9.17, 15) is 27.6 Å². The Bertz CT molecular complexity index is 1240. The van der Waals surface area contributed by atoms with Gasteiger partial charge in [-0.3, -0.25) is 14.6 Å².